The molecule has 0 aliphatic carbocycles. The highest BCUT2D eigenvalue weighted by molar-refractivity contribution is 7.89. The zero-order valence-corrected chi connectivity index (χ0v) is 12.0. The van der Waals surface area contributed by atoms with Crippen molar-refractivity contribution in [2.24, 2.45) is 0 Å². The molecule has 0 atom stereocenters. The minimum Gasteiger partial charge on any atom is -0.325 e. The molecule has 0 unspecified atom stereocenters. The fourth-order valence-electron chi connectivity index (χ4n) is 2.15. The number of likely N-dealkylation sites (tertiary alicyclic amines) is 1. The van der Waals surface area contributed by atoms with Gasteiger partial charge in [0.05, 0.1) is 5.75 Å². The van der Waals surface area contributed by atoms with Crippen molar-refractivity contribution in [3.05, 3.63) is 29.6 Å². The lowest BCUT2D eigenvalue weighted by Gasteiger charge is -2.16. The molecule has 0 saturated carbocycles. The monoisotopic (exact) mass is 300 g/mol. The molecule has 0 bridgehead atoms. The summed E-state index contributed by atoms with van der Waals surface area (Å²) in [4.78, 5) is 13.5. The highest BCUT2D eigenvalue weighted by atomic mass is 32.2. The molecule has 0 radical (unpaired) electrons. The molecule has 5 nitrogen and oxygen atoms in total. The summed E-state index contributed by atoms with van der Waals surface area (Å²) in [5, 5.41) is 2.61. The first kappa shape index (κ1) is 14.8. The summed E-state index contributed by atoms with van der Waals surface area (Å²) in [7, 11) is -3.28. The molecule has 1 aromatic rings. The summed E-state index contributed by atoms with van der Waals surface area (Å²) in [5.74, 6) is -0.978. The number of nitrogens with one attached hydrogen (secondary N) is 1. The molecule has 2 amide bonds. The average Bonchev–Trinajstić information content (AvgIpc) is 2.85. The fourth-order valence-corrected chi connectivity index (χ4v) is 2.95. The van der Waals surface area contributed by atoms with Crippen LogP contribution in [0.4, 0.5) is 14.9 Å². The molecule has 110 valence electrons. The standard InChI is InChI=1S/C13H17FN2O3S/c1-20(18,19)9-10-4-5-11(8-12(10)14)15-13(17)16-6-2-3-7-16/h4-5,8H,2-3,6-7,9H2,1H3,(H,15,17). The van der Waals surface area contributed by atoms with Crippen molar-refractivity contribution >= 4 is 21.6 Å². The fraction of sp³-hybridized carbons (Fsp3) is 0.462. The third-order valence-corrected chi connectivity index (χ3v) is 3.95. The highest BCUT2D eigenvalue weighted by Crippen LogP contribution is 2.18. The summed E-state index contributed by atoms with van der Waals surface area (Å²) in [6, 6.07) is 3.79. The lowest BCUT2D eigenvalue weighted by molar-refractivity contribution is 0.222. The largest absolute Gasteiger partial charge is 0.325 e. The lowest BCUT2D eigenvalue weighted by atomic mass is 10.2. The van der Waals surface area contributed by atoms with Gasteiger partial charge in [0.1, 0.15) is 5.82 Å². The lowest BCUT2D eigenvalue weighted by Crippen LogP contribution is -2.32. The number of sulfone groups is 1. The number of hydrogen-bond donors (Lipinski definition) is 1. The van der Waals surface area contributed by atoms with Gasteiger partial charge in [-0.2, -0.15) is 0 Å². The molecule has 1 aliphatic rings. The van der Waals surface area contributed by atoms with E-state index in [1.54, 1.807) is 4.90 Å². The molecule has 20 heavy (non-hydrogen) atoms. The van der Waals surface area contributed by atoms with E-state index in [1.165, 1.54) is 12.1 Å². The Kier molecular flexibility index (Phi) is 4.27. The molecule has 1 aromatic carbocycles. The number of urea groups is 1. The predicted octanol–water partition coefficient (Wildman–Crippen LogP) is 2.00. The first-order valence-electron chi connectivity index (χ1n) is 6.37. The van der Waals surface area contributed by atoms with Crippen molar-refractivity contribution in [2.45, 2.75) is 18.6 Å². The minimum atomic E-state index is -3.28. The summed E-state index contributed by atoms with van der Waals surface area (Å²) in [6.07, 6.45) is 3.01. The van der Waals surface area contributed by atoms with E-state index in [-0.39, 0.29) is 17.3 Å². The Labute approximate surface area is 117 Å². The number of benzene rings is 1. The van der Waals surface area contributed by atoms with Gasteiger partial charge in [-0.3, -0.25) is 0 Å². The van der Waals surface area contributed by atoms with Crippen LogP contribution in [0.2, 0.25) is 0 Å². The Balaban J connectivity index is 2.07. The van der Waals surface area contributed by atoms with Crippen LogP contribution < -0.4 is 5.32 Å². The Hall–Kier alpha value is -1.63. The maximum absolute atomic E-state index is 13.8. The van der Waals surface area contributed by atoms with Gasteiger partial charge in [-0.25, -0.2) is 17.6 Å². The molecule has 1 fully saturated rings. The number of carbonyl (C=O) groups excluding carboxylic acids is 1. The van der Waals surface area contributed by atoms with E-state index in [2.05, 4.69) is 5.32 Å². The molecule has 1 aliphatic heterocycles. The van der Waals surface area contributed by atoms with Crippen LogP contribution in [0.1, 0.15) is 18.4 Å². The van der Waals surface area contributed by atoms with E-state index >= 15 is 0 Å². The van der Waals surface area contributed by atoms with Gasteiger partial charge in [0.2, 0.25) is 0 Å². The number of carbonyl (C=O) groups is 1. The van der Waals surface area contributed by atoms with Gasteiger partial charge in [0, 0.05) is 30.6 Å². The number of halogens is 1. The zero-order chi connectivity index (χ0) is 14.8. The van der Waals surface area contributed by atoms with Crippen molar-refractivity contribution < 1.29 is 17.6 Å². The van der Waals surface area contributed by atoms with Crippen molar-refractivity contribution in [1.29, 1.82) is 0 Å². The Morgan fingerprint density at radius 1 is 1.35 bits per heavy atom. The molecule has 7 heteroatoms. The second-order valence-electron chi connectivity index (χ2n) is 5.00. The van der Waals surface area contributed by atoms with Crippen molar-refractivity contribution in [3.63, 3.8) is 0 Å². The number of anilines is 1. The quantitative estimate of drug-likeness (QED) is 0.928. The second-order valence-corrected chi connectivity index (χ2v) is 7.14. The molecule has 0 spiro atoms. The average molecular weight is 300 g/mol. The third kappa shape index (κ3) is 3.93. The zero-order valence-electron chi connectivity index (χ0n) is 11.2. The van der Waals surface area contributed by atoms with Gasteiger partial charge >= 0.3 is 6.03 Å². The summed E-state index contributed by atoms with van der Waals surface area (Å²) in [6.45, 7) is 1.42. The number of hydrogen-bond acceptors (Lipinski definition) is 3. The van der Waals surface area contributed by atoms with Gasteiger partial charge in [-0.05, 0) is 25.0 Å². The van der Waals surface area contributed by atoms with Crippen LogP contribution in [0.5, 0.6) is 0 Å². The van der Waals surface area contributed by atoms with Gasteiger partial charge < -0.3 is 10.2 Å². The Morgan fingerprint density at radius 2 is 2.00 bits per heavy atom. The van der Waals surface area contributed by atoms with Crippen molar-refractivity contribution in [3.8, 4) is 0 Å². The summed E-state index contributed by atoms with van der Waals surface area (Å²) in [5.41, 5.74) is 0.434. The van der Waals surface area contributed by atoms with E-state index in [0.29, 0.717) is 18.8 Å². The molecular formula is C13H17FN2O3S. The van der Waals surface area contributed by atoms with E-state index < -0.39 is 15.7 Å². The van der Waals surface area contributed by atoms with E-state index in [0.717, 1.165) is 25.2 Å². The number of nitrogens with zero attached hydrogens (tertiary/aromatic N) is 1. The van der Waals surface area contributed by atoms with E-state index in [9.17, 15) is 17.6 Å². The van der Waals surface area contributed by atoms with Crippen LogP contribution in [0.25, 0.3) is 0 Å². The van der Waals surface area contributed by atoms with Crippen LogP contribution in [0, 0.1) is 5.82 Å². The minimum absolute atomic E-state index is 0.103. The first-order chi connectivity index (χ1) is 9.35. The molecular weight excluding hydrogens is 283 g/mol. The third-order valence-electron chi connectivity index (χ3n) is 3.12. The van der Waals surface area contributed by atoms with Crippen molar-refractivity contribution in [1.82, 2.24) is 4.90 Å². The van der Waals surface area contributed by atoms with Crippen LogP contribution in [-0.4, -0.2) is 38.7 Å². The maximum Gasteiger partial charge on any atom is 0.321 e. The highest BCUT2D eigenvalue weighted by Gasteiger charge is 2.18. The second kappa shape index (κ2) is 5.78. The maximum atomic E-state index is 13.8. The Morgan fingerprint density at radius 3 is 2.55 bits per heavy atom. The predicted molar refractivity (Wildman–Crippen MR) is 74.8 cm³/mol. The van der Waals surface area contributed by atoms with Crippen LogP contribution in [0.15, 0.2) is 18.2 Å². The molecule has 1 N–H and O–H groups in total. The summed E-state index contributed by atoms with van der Waals surface area (Å²) >= 11 is 0. The van der Waals surface area contributed by atoms with Gasteiger partial charge in [-0.1, -0.05) is 6.07 Å². The van der Waals surface area contributed by atoms with Gasteiger partial charge in [0.15, 0.2) is 9.84 Å². The smallest absolute Gasteiger partial charge is 0.321 e. The SMILES string of the molecule is CS(=O)(=O)Cc1ccc(NC(=O)N2CCCC2)cc1F. The molecule has 1 saturated heterocycles. The van der Waals surface area contributed by atoms with Crippen molar-refractivity contribution in [2.75, 3.05) is 24.7 Å². The van der Waals surface area contributed by atoms with E-state index in [4.69, 9.17) is 0 Å². The van der Waals surface area contributed by atoms with Crippen LogP contribution in [-0.2, 0) is 15.6 Å². The van der Waals surface area contributed by atoms with Crippen LogP contribution in [0.3, 0.4) is 0 Å². The van der Waals surface area contributed by atoms with Gasteiger partial charge in [-0.15, -0.1) is 0 Å². The Bertz CT molecular complexity index is 610. The summed E-state index contributed by atoms with van der Waals surface area (Å²) < 4.78 is 36.1. The number of amides is 2. The van der Waals surface area contributed by atoms with Gasteiger partial charge in [0.25, 0.3) is 0 Å². The normalized spacial score (nSPS) is 15.4. The molecule has 0 aromatic heterocycles. The topological polar surface area (TPSA) is 66.5 Å². The van der Waals surface area contributed by atoms with E-state index in [1.807, 2.05) is 0 Å². The number of rotatable bonds is 3. The molecule has 1 heterocycles. The first-order valence-corrected chi connectivity index (χ1v) is 8.43. The van der Waals surface area contributed by atoms with Crippen LogP contribution >= 0.6 is 0 Å². The molecule has 2 rings (SSSR count).